The minimum absolute atomic E-state index is 0.0453. The third-order valence-electron chi connectivity index (χ3n) is 4.53. The molecule has 0 spiro atoms. The third kappa shape index (κ3) is 6.68. The largest absolute Gasteiger partial charge is 0.443 e. The number of rotatable bonds is 7. The predicted octanol–water partition coefficient (Wildman–Crippen LogP) is 3.77. The number of oxazole rings is 1. The van der Waals surface area contributed by atoms with Gasteiger partial charge in [-0.25, -0.2) is 4.98 Å². The molecule has 1 atom stereocenters. The van der Waals surface area contributed by atoms with Gasteiger partial charge in [0.05, 0.1) is 12.7 Å². The Morgan fingerprint density at radius 3 is 2.36 bits per heavy atom. The van der Waals surface area contributed by atoms with Gasteiger partial charge in [-0.05, 0) is 26.3 Å². The molecule has 2 aromatic rings. The fourth-order valence-electron chi connectivity index (χ4n) is 2.89. The van der Waals surface area contributed by atoms with E-state index in [0.29, 0.717) is 12.4 Å². The van der Waals surface area contributed by atoms with Crippen molar-refractivity contribution in [1.82, 2.24) is 20.9 Å². The molecule has 0 aliphatic carbocycles. The Hall–Kier alpha value is -2.34. The zero-order valence-corrected chi connectivity index (χ0v) is 18.3. The topological polar surface area (TPSA) is 74.5 Å². The van der Waals surface area contributed by atoms with E-state index in [1.165, 1.54) is 5.56 Å². The Labute approximate surface area is 169 Å². The zero-order chi connectivity index (χ0) is 20.8. The lowest BCUT2D eigenvalue weighted by molar-refractivity contribution is 0.344. The molecule has 3 N–H and O–H groups in total. The number of hydrogen-bond acceptors (Lipinski definition) is 4. The highest BCUT2D eigenvalue weighted by molar-refractivity contribution is 5.79. The summed E-state index contributed by atoms with van der Waals surface area (Å²) in [5, 5.41) is 10.3. The standard InChI is InChI=1S/C22H35N5O/c1-16(17-11-9-8-10-12-17)27-22(5,6)15-26-20(23-7)25-14-19-24-13-18(28-19)21(2,3)4/h8-13,16,27H,14-15H2,1-7H3,(H2,23,25,26). The molecule has 6 heteroatoms. The summed E-state index contributed by atoms with van der Waals surface area (Å²) in [4.78, 5) is 8.64. The van der Waals surface area contributed by atoms with E-state index < -0.39 is 0 Å². The maximum Gasteiger partial charge on any atom is 0.213 e. The van der Waals surface area contributed by atoms with Crippen molar-refractivity contribution in [2.24, 2.45) is 4.99 Å². The predicted molar refractivity (Wildman–Crippen MR) is 115 cm³/mol. The number of guanidine groups is 1. The van der Waals surface area contributed by atoms with Gasteiger partial charge in [0, 0.05) is 30.6 Å². The molecule has 1 heterocycles. The van der Waals surface area contributed by atoms with Gasteiger partial charge < -0.3 is 20.4 Å². The Morgan fingerprint density at radius 1 is 1.11 bits per heavy atom. The van der Waals surface area contributed by atoms with Gasteiger partial charge in [-0.2, -0.15) is 0 Å². The number of hydrogen-bond donors (Lipinski definition) is 3. The van der Waals surface area contributed by atoms with E-state index in [1.807, 2.05) is 6.07 Å². The van der Waals surface area contributed by atoms with Crippen LogP contribution in [0.15, 0.2) is 45.9 Å². The van der Waals surface area contributed by atoms with E-state index in [4.69, 9.17) is 4.42 Å². The number of aromatic nitrogens is 1. The summed E-state index contributed by atoms with van der Waals surface area (Å²) in [6, 6.07) is 10.7. The molecule has 0 aliphatic heterocycles. The summed E-state index contributed by atoms with van der Waals surface area (Å²) in [5.74, 6) is 2.26. The van der Waals surface area contributed by atoms with Gasteiger partial charge in [0.2, 0.25) is 5.89 Å². The number of nitrogens with zero attached hydrogens (tertiary/aromatic N) is 2. The van der Waals surface area contributed by atoms with Gasteiger partial charge >= 0.3 is 0 Å². The highest BCUT2D eigenvalue weighted by Crippen LogP contribution is 2.22. The van der Waals surface area contributed by atoms with Crippen molar-refractivity contribution in [3.05, 3.63) is 53.7 Å². The first-order valence-electron chi connectivity index (χ1n) is 9.83. The van der Waals surface area contributed by atoms with Crippen LogP contribution in [0.4, 0.5) is 0 Å². The average molecular weight is 386 g/mol. The van der Waals surface area contributed by atoms with Crippen LogP contribution >= 0.6 is 0 Å². The molecule has 1 aromatic heterocycles. The van der Waals surface area contributed by atoms with Gasteiger partial charge in [0.25, 0.3) is 0 Å². The Kier molecular flexibility index (Phi) is 7.24. The number of aliphatic imine (C=N–C) groups is 1. The summed E-state index contributed by atoms with van der Waals surface area (Å²) < 4.78 is 5.82. The lowest BCUT2D eigenvalue weighted by Crippen LogP contribution is -2.52. The van der Waals surface area contributed by atoms with Crippen LogP contribution in [0.2, 0.25) is 0 Å². The SMILES string of the molecule is CN=C(NCc1ncc(C(C)(C)C)o1)NCC(C)(C)NC(C)c1ccccc1. The summed E-state index contributed by atoms with van der Waals surface area (Å²) in [6.45, 7) is 14.1. The van der Waals surface area contributed by atoms with E-state index in [-0.39, 0.29) is 17.0 Å². The Balaban J connectivity index is 1.84. The van der Waals surface area contributed by atoms with E-state index >= 15 is 0 Å². The average Bonchev–Trinajstić information content (AvgIpc) is 3.11. The summed E-state index contributed by atoms with van der Waals surface area (Å²) in [5.41, 5.74) is 1.11. The van der Waals surface area contributed by atoms with Gasteiger partial charge in [-0.15, -0.1) is 0 Å². The maximum absolute atomic E-state index is 5.82. The molecular weight excluding hydrogens is 350 g/mol. The molecule has 0 radical (unpaired) electrons. The van der Waals surface area contributed by atoms with E-state index in [1.54, 1.807) is 13.2 Å². The second-order valence-corrected chi connectivity index (χ2v) is 8.81. The van der Waals surface area contributed by atoms with Crippen LogP contribution in [-0.4, -0.2) is 30.1 Å². The van der Waals surface area contributed by atoms with Crippen LogP contribution in [0.5, 0.6) is 0 Å². The zero-order valence-electron chi connectivity index (χ0n) is 18.3. The fourth-order valence-corrected chi connectivity index (χ4v) is 2.89. The maximum atomic E-state index is 5.82. The minimum Gasteiger partial charge on any atom is -0.443 e. The molecule has 0 saturated carbocycles. The minimum atomic E-state index is -0.116. The lowest BCUT2D eigenvalue weighted by Gasteiger charge is -2.31. The van der Waals surface area contributed by atoms with Crippen LogP contribution in [-0.2, 0) is 12.0 Å². The van der Waals surface area contributed by atoms with Crippen molar-refractivity contribution in [1.29, 1.82) is 0 Å². The quantitative estimate of drug-likeness (QED) is 0.500. The van der Waals surface area contributed by atoms with Gasteiger partial charge in [-0.1, -0.05) is 51.1 Å². The molecule has 1 unspecified atom stereocenters. The lowest BCUT2D eigenvalue weighted by atomic mass is 9.94. The first kappa shape index (κ1) is 22.0. The Morgan fingerprint density at radius 2 is 1.79 bits per heavy atom. The molecule has 2 rings (SSSR count). The van der Waals surface area contributed by atoms with Gasteiger partial charge in [0.15, 0.2) is 5.96 Å². The van der Waals surface area contributed by atoms with Crippen LogP contribution in [0, 0.1) is 0 Å². The smallest absolute Gasteiger partial charge is 0.213 e. The van der Waals surface area contributed by atoms with Crippen molar-refractivity contribution in [3.8, 4) is 0 Å². The van der Waals surface area contributed by atoms with Crippen molar-refractivity contribution in [3.63, 3.8) is 0 Å². The van der Waals surface area contributed by atoms with Gasteiger partial charge in [-0.3, -0.25) is 4.99 Å². The van der Waals surface area contributed by atoms with Crippen LogP contribution < -0.4 is 16.0 Å². The molecule has 0 saturated heterocycles. The Bertz CT molecular complexity index is 759. The van der Waals surface area contributed by atoms with Crippen molar-refractivity contribution in [2.75, 3.05) is 13.6 Å². The third-order valence-corrected chi connectivity index (χ3v) is 4.53. The van der Waals surface area contributed by atoms with Crippen LogP contribution in [0.3, 0.4) is 0 Å². The van der Waals surface area contributed by atoms with E-state index in [2.05, 4.69) is 91.7 Å². The first-order chi connectivity index (χ1) is 13.1. The number of benzene rings is 1. The molecule has 154 valence electrons. The summed E-state index contributed by atoms with van der Waals surface area (Å²) in [6.07, 6.45) is 1.80. The fraction of sp³-hybridized carbons (Fsp3) is 0.545. The molecule has 28 heavy (non-hydrogen) atoms. The van der Waals surface area contributed by atoms with Crippen LogP contribution in [0.1, 0.15) is 64.8 Å². The highest BCUT2D eigenvalue weighted by Gasteiger charge is 2.22. The highest BCUT2D eigenvalue weighted by atomic mass is 16.4. The van der Waals surface area contributed by atoms with Crippen LogP contribution in [0.25, 0.3) is 0 Å². The normalized spacial score (nSPS) is 14.0. The molecule has 0 aliphatic rings. The van der Waals surface area contributed by atoms with E-state index in [0.717, 1.165) is 18.3 Å². The van der Waals surface area contributed by atoms with E-state index in [9.17, 15) is 0 Å². The summed E-state index contributed by atoms with van der Waals surface area (Å²) >= 11 is 0. The van der Waals surface area contributed by atoms with Gasteiger partial charge in [0.1, 0.15) is 5.76 Å². The second-order valence-electron chi connectivity index (χ2n) is 8.81. The summed E-state index contributed by atoms with van der Waals surface area (Å²) in [7, 11) is 1.76. The monoisotopic (exact) mass is 385 g/mol. The first-order valence-corrected chi connectivity index (χ1v) is 9.83. The molecule has 1 aromatic carbocycles. The molecule has 0 fully saturated rings. The molecule has 0 bridgehead atoms. The van der Waals surface area contributed by atoms with Crippen molar-refractivity contribution >= 4 is 5.96 Å². The number of nitrogens with one attached hydrogen (secondary N) is 3. The van der Waals surface area contributed by atoms with Crippen molar-refractivity contribution in [2.45, 2.75) is 65.1 Å². The molecule has 0 amide bonds. The second kappa shape index (κ2) is 9.24. The van der Waals surface area contributed by atoms with Crippen molar-refractivity contribution < 1.29 is 4.42 Å². The molecule has 6 nitrogen and oxygen atoms in total. The molecular formula is C22H35N5O.